The molecule has 5 nitrogen and oxygen atoms in total. The molecule has 1 aromatic rings. The molecule has 0 bridgehead atoms. The molecule has 0 radical (unpaired) electrons. The van der Waals surface area contributed by atoms with E-state index in [0.29, 0.717) is 30.2 Å². The van der Waals surface area contributed by atoms with Gasteiger partial charge in [-0.1, -0.05) is 0 Å². The summed E-state index contributed by atoms with van der Waals surface area (Å²) in [6, 6.07) is 1.99. The minimum Gasteiger partial charge on any atom is -0.296 e. The van der Waals surface area contributed by atoms with Gasteiger partial charge in [-0.25, -0.2) is 0 Å². The van der Waals surface area contributed by atoms with Crippen molar-refractivity contribution in [1.29, 1.82) is 5.26 Å². The monoisotopic (exact) mass is 224 g/mol. The van der Waals surface area contributed by atoms with Crippen LogP contribution in [0.15, 0.2) is 6.20 Å². The van der Waals surface area contributed by atoms with Crippen molar-refractivity contribution in [3.05, 3.63) is 11.8 Å². The van der Waals surface area contributed by atoms with Crippen LogP contribution in [0.5, 0.6) is 0 Å². The fourth-order valence-corrected chi connectivity index (χ4v) is 1.87. The topological polar surface area (TPSA) is 72.8 Å². The zero-order valence-electron chi connectivity index (χ0n) is 7.90. The number of hydrogen-bond acceptors (Lipinski definition) is 3. The molecule has 15 heavy (non-hydrogen) atoms. The van der Waals surface area contributed by atoms with Crippen LogP contribution < -0.4 is 4.90 Å². The summed E-state index contributed by atoms with van der Waals surface area (Å²) in [4.78, 5) is 13.2. The Morgan fingerprint density at radius 2 is 2.60 bits per heavy atom. The zero-order chi connectivity index (χ0) is 10.8. The number of H-pyrrole nitrogens is 1. The first-order chi connectivity index (χ1) is 7.26. The van der Waals surface area contributed by atoms with Gasteiger partial charge in [0.15, 0.2) is 0 Å². The predicted molar refractivity (Wildman–Crippen MR) is 54.5 cm³/mol. The Kier molecular flexibility index (Phi) is 2.60. The third kappa shape index (κ3) is 1.68. The second-order valence-electron chi connectivity index (χ2n) is 3.47. The molecule has 1 aliphatic rings. The lowest BCUT2D eigenvalue weighted by Crippen LogP contribution is -2.25. The molecule has 1 aliphatic heterocycles. The van der Waals surface area contributed by atoms with Crippen molar-refractivity contribution < 1.29 is 4.79 Å². The van der Waals surface area contributed by atoms with Crippen molar-refractivity contribution in [2.45, 2.75) is 6.42 Å². The van der Waals surface area contributed by atoms with Crippen molar-refractivity contribution >= 4 is 23.3 Å². The number of rotatable bonds is 2. The molecule has 1 aromatic heterocycles. The second kappa shape index (κ2) is 3.91. The predicted octanol–water partition coefficient (Wildman–Crippen LogP) is 0.873. The minimum atomic E-state index is -0.0126. The van der Waals surface area contributed by atoms with Crippen LogP contribution in [0.4, 0.5) is 5.82 Å². The van der Waals surface area contributed by atoms with Crippen LogP contribution in [0, 0.1) is 17.2 Å². The normalized spacial score (nSPS) is 20.7. The smallest absolute Gasteiger partial charge is 0.228 e. The summed E-state index contributed by atoms with van der Waals surface area (Å²) < 4.78 is 0. The maximum atomic E-state index is 11.6. The quantitative estimate of drug-likeness (QED) is 0.758. The first kappa shape index (κ1) is 9.99. The average Bonchev–Trinajstić information content (AvgIpc) is 2.82. The van der Waals surface area contributed by atoms with Crippen LogP contribution >= 0.6 is 11.6 Å². The number of carbonyl (C=O) groups is 1. The Morgan fingerprint density at radius 1 is 1.80 bits per heavy atom. The average molecular weight is 225 g/mol. The molecule has 0 spiro atoms. The second-order valence-corrected chi connectivity index (χ2v) is 3.78. The highest BCUT2D eigenvalue weighted by Gasteiger charge is 2.32. The number of anilines is 1. The number of amides is 1. The lowest BCUT2D eigenvalue weighted by Gasteiger charge is -2.13. The van der Waals surface area contributed by atoms with E-state index in [4.69, 9.17) is 16.9 Å². The van der Waals surface area contributed by atoms with Gasteiger partial charge in [0.2, 0.25) is 5.91 Å². The van der Waals surface area contributed by atoms with Gasteiger partial charge >= 0.3 is 0 Å². The SMILES string of the molecule is N#Cc1cn[nH]c1N1CC(CCl)CC1=O. The van der Waals surface area contributed by atoms with Crippen molar-refractivity contribution in [2.75, 3.05) is 17.3 Å². The molecule has 1 atom stereocenters. The third-order valence-corrected chi connectivity index (χ3v) is 2.87. The van der Waals surface area contributed by atoms with E-state index in [2.05, 4.69) is 10.2 Å². The van der Waals surface area contributed by atoms with Crippen molar-refractivity contribution in [1.82, 2.24) is 10.2 Å². The fourth-order valence-electron chi connectivity index (χ4n) is 1.67. The Labute approximate surface area is 91.6 Å². The number of nitrogens with one attached hydrogen (secondary N) is 1. The lowest BCUT2D eigenvalue weighted by molar-refractivity contribution is -0.117. The van der Waals surface area contributed by atoms with E-state index in [0.717, 1.165) is 0 Å². The molecule has 2 heterocycles. The van der Waals surface area contributed by atoms with Gasteiger partial charge in [-0.05, 0) is 5.92 Å². The van der Waals surface area contributed by atoms with E-state index in [1.165, 1.54) is 6.20 Å². The van der Waals surface area contributed by atoms with Gasteiger partial charge < -0.3 is 0 Å². The molecule has 78 valence electrons. The van der Waals surface area contributed by atoms with Crippen LogP contribution in [0.1, 0.15) is 12.0 Å². The largest absolute Gasteiger partial charge is 0.296 e. The molecule has 1 saturated heterocycles. The van der Waals surface area contributed by atoms with Crippen molar-refractivity contribution in [3.63, 3.8) is 0 Å². The molecule has 1 amide bonds. The minimum absolute atomic E-state index is 0.0126. The highest BCUT2D eigenvalue weighted by Crippen LogP contribution is 2.26. The van der Waals surface area contributed by atoms with Crippen LogP contribution in [0.2, 0.25) is 0 Å². The van der Waals surface area contributed by atoms with Crippen molar-refractivity contribution in [3.8, 4) is 6.07 Å². The van der Waals surface area contributed by atoms with Gasteiger partial charge in [0.05, 0.1) is 6.20 Å². The Hall–Kier alpha value is -1.54. The first-order valence-electron chi connectivity index (χ1n) is 4.56. The van der Waals surface area contributed by atoms with Crippen molar-refractivity contribution in [2.24, 2.45) is 5.92 Å². The maximum absolute atomic E-state index is 11.6. The molecular formula is C9H9ClN4O. The number of halogens is 1. The van der Waals surface area contributed by atoms with E-state index in [1.807, 2.05) is 6.07 Å². The number of aromatic nitrogens is 2. The molecule has 1 fully saturated rings. The van der Waals surface area contributed by atoms with E-state index in [1.54, 1.807) is 4.90 Å². The molecule has 2 rings (SSSR count). The molecule has 1 unspecified atom stereocenters. The number of alkyl halides is 1. The molecule has 0 saturated carbocycles. The van der Waals surface area contributed by atoms with Gasteiger partial charge in [-0.3, -0.25) is 14.8 Å². The maximum Gasteiger partial charge on any atom is 0.228 e. The van der Waals surface area contributed by atoms with Crippen LogP contribution in [0.3, 0.4) is 0 Å². The molecule has 1 N–H and O–H groups in total. The Morgan fingerprint density at radius 3 is 3.20 bits per heavy atom. The fraction of sp³-hybridized carbons (Fsp3) is 0.444. The Balaban J connectivity index is 2.26. The third-order valence-electron chi connectivity index (χ3n) is 2.43. The number of nitrogens with zero attached hydrogens (tertiary/aromatic N) is 3. The van der Waals surface area contributed by atoms with Crippen LogP contribution in [-0.2, 0) is 4.79 Å². The van der Waals surface area contributed by atoms with Gasteiger partial charge in [-0.2, -0.15) is 10.4 Å². The molecule has 6 heteroatoms. The lowest BCUT2D eigenvalue weighted by atomic mass is 10.1. The number of hydrogen-bond donors (Lipinski definition) is 1. The summed E-state index contributed by atoms with van der Waals surface area (Å²) >= 11 is 5.70. The van der Waals surface area contributed by atoms with Gasteiger partial charge in [-0.15, -0.1) is 11.6 Å². The summed E-state index contributed by atoms with van der Waals surface area (Å²) in [5, 5.41) is 15.2. The summed E-state index contributed by atoms with van der Waals surface area (Å²) in [6.07, 6.45) is 1.85. The van der Waals surface area contributed by atoms with E-state index >= 15 is 0 Å². The zero-order valence-corrected chi connectivity index (χ0v) is 8.66. The number of aromatic amines is 1. The summed E-state index contributed by atoms with van der Waals surface area (Å²) in [7, 11) is 0. The first-order valence-corrected chi connectivity index (χ1v) is 5.09. The van der Waals surface area contributed by atoms with Crippen LogP contribution in [0.25, 0.3) is 0 Å². The highest BCUT2D eigenvalue weighted by molar-refractivity contribution is 6.18. The number of carbonyl (C=O) groups excluding carboxylic acids is 1. The molecule has 0 aromatic carbocycles. The van der Waals surface area contributed by atoms with E-state index in [9.17, 15) is 4.79 Å². The number of nitriles is 1. The standard InChI is InChI=1S/C9H9ClN4O/c10-2-6-1-8(15)14(5-6)9-7(3-11)4-12-13-9/h4,6H,1-2,5H2,(H,12,13). The highest BCUT2D eigenvalue weighted by atomic mass is 35.5. The summed E-state index contributed by atoms with van der Waals surface area (Å²) in [6.45, 7) is 0.555. The van der Waals surface area contributed by atoms with Crippen LogP contribution in [-0.4, -0.2) is 28.5 Å². The van der Waals surface area contributed by atoms with Gasteiger partial charge in [0.25, 0.3) is 0 Å². The van der Waals surface area contributed by atoms with Gasteiger partial charge in [0.1, 0.15) is 17.5 Å². The Bertz CT molecular complexity index is 422. The van der Waals surface area contributed by atoms with E-state index in [-0.39, 0.29) is 11.8 Å². The summed E-state index contributed by atoms with van der Waals surface area (Å²) in [5.41, 5.74) is 0.388. The summed E-state index contributed by atoms with van der Waals surface area (Å²) in [5.74, 6) is 1.09. The molecular weight excluding hydrogens is 216 g/mol. The molecule has 0 aliphatic carbocycles. The van der Waals surface area contributed by atoms with E-state index < -0.39 is 0 Å². The van der Waals surface area contributed by atoms with Gasteiger partial charge in [0, 0.05) is 18.8 Å².